The van der Waals surface area contributed by atoms with Gasteiger partial charge in [0.15, 0.2) is 11.5 Å². The van der Waals surface area contributed by atoms with Crippen LogP contribution in [0.1, 0.15) is 33.3 Å². The molecule has 3 aromatic carbocycles. The number of carbonyl (C=O) groups excluding carboxylic acids is 2. The Morgan fingerprint density at radius 1 is 0.929 bits per heavy atom. The molecule has 1 aliphatic heterocycles. The van der Waals surface area contributed by atoms with Crippen LogP contribution in [0.4, 0.5) is 5.69 Å². The van der Waals surface area contributed by atoms with Gasteiger partial charge in [-0.15, -0.1) is 0 Å². The summed E-state index contributed by atoms with van der Waals surface area (Å²) >= 11 is 12.3. The second-order valence-corrected chi connectivity index (χ2v) is 13.5. The molecule has 0 spiro atoms. The van der Waals surface area contributed by atoms with E-state index >= 15 is 0 Å². The summed E-state index contributed by atoms with van der Waals surface area (Å²) in [7, 11) is -4.22. The van der Waals surface area contributed by atoms with E-state index in [1.54, 1.807) is 55.5 Å². The van der Waals surface area contributed by atoms with Crippen LogP contribution in [-0.2, 0) is 26.2 Å². The summed E-state index contributed by atoms with van der Waals surface area (Å²) in [6.45, 7) is 7.15. The van der Waals surface area contributed by atoms with Crippen molar-refractivity contribution in [1.29, 1.82) is 0 Å². The number of carbonyl (C=O) groups is 2. The average Bonchev–Trinajstić information content (AvgIpc) is 2.95. The molecule has 1 atom stereocenters. The molecule has 0 fully saturated rings. The molecule has 0 bridgehead atoms. The zero-order chi connectivity index (χ0) is 30.7. The maximum atomic E-state index is 14.1. The van der Waals surface area contributed by atoms with Crippen molar-refractivity contribution < 1.29 is 27.5 Å². The van der Waals surface area contributed by atoms with E-state index in [-0.39, 0.29) is 22.2 Å². The van der Waals surface area contributed by atoms with E-state index in [0.717, 1.165) is 4.31 Å². The number of hydrogen-bond acceptors (Lipinski definition) is 6. The Kier molecular flexibility index (Phi) is 9.60. The summed E-state index contributed by atoms with van der Waals surface area (Å²) in [4.78, 5) is 28.6. The average molecular weight is 635 g/mol. The summed E-state index contributed by atoms with van der Waals surface area (Å²) in [5.74, 6) is -0.160. The van der Waals surface area contributed by atoms with Gasteiger partial charge < -0.3 is 19.7 Å². The largest absolute Gasteiger partial charge is 0.486 e. The smallest absolute Gasteiger partial charge is 0.264 e. The van der Waals surface area contributed by atoms with Gasteiger partial charge in [-0.25, -0.2) is 8.42 Å². The van der Waals surface area contributed by atoms with Crippen molar-refractivity contribution in [3.8, 4) is 11.5 Å². The maximum absolute atomic E-state index is 14.1. The molecule has 224 valence electrons. The zero-order valence-electron chi connectivity index (χ0n) is 23.8. The molecule has 9 nitrogen and oxygen atoms in total. The first-order valence-electron chi connectivity index (χ1n) is 13.3. The predicted molar refractivity (Wildman–Crippen MR) is 163 cm³/mol. The summed E-state index contributed by atoms with van der Waals surface area (Å²) in [6, 6.07) is 16.5. The number of ether oxygens (including phenoxy) is 2. The van der Waals surface area contributed by atoms with E-state index < -0.39 is 40.0 Å². The molecule has 1 heterocycles. The van der Waals surface area contributed by atoms with Crippen LogP contribution in [0, 0.1) is 0 Å². The highest BCUT2D eigenvalue weighted by atomic mass is 35.5. The number of halogens is 2. The zero-order valence-corrected chi connectivity index (χ0v) is 26.1. The lowest BCUT2D eigenvalue weighted by atomic mass is 10.1. The molecule has 1 N–H and O–H groups in total. The van der Waals surface area contributed by atoms with Crippen LogP contribution in [0.2, 0.25) is 10.0 Å². The quantitative estimate of drug-likeness (QED) is 0.343. The van der Waals surface area contributed by atoms with Crippen molar-refractivity contribution >= 4 is 50.7 Å². The van der Waals surface area contributed by atoms with Crippen molar-refractivity contribution in [2.24, 2.45) is 0 Å². The number of benzene rings is 3. The Morgan fingerprint density at radius 2 is 1.60 bits per heavy atom. The lowest BCUT2D eigenvalue weighted by Gasteiger charge is -2.33. The van der Waals surface area contributed by atoms with Crippen LogP contribution in [-0.4, -0.2) is 56.5 Å². The molecular weight excluding hydrogens is 601 g/mol. The summed E-state index contributed by atoms with van der Waals surface area (Å²) < 4.78 is 40.2. The number of hydrogen-bond donors (Lipinski definition) is 1. The van der Waals surface area contributed by atoms with Crippen LogP contribution in [0.3, 0.4) is 0 Å². The standard InChI is InChI=1S/C30H33Cl2N3O6S/c1-20(29(37)33-30(2,3)4)34(18-21-10-12-24(31)25(32)16-21)28(36)19-35(42(38,39)23-8-6-5-7-9-23)22-11-13-26-27(17-22)41-15-14-40-26/h5-13,16-17,20H,14-15,18-19H2,1-4H3,(H,33,37). The molecule has 4 rings (SSSR count). The van der Waals surface area contributed by atoms with E-state index in [1.165, 1.54) is 23.1 Å². The van der Waals surface area contributed by atoms with Gasteiger partial charge >= 0.3 is 0 Å². The molecule has 1 aliphatic rings. The first-order chi connectivity index (χ1) is 19.8. The predicted octanol–water partition coefficient (Wildman–Crippen LogP) is 5.29. The molecule has 3 aromatic rings. The second kappa shape index (κ2) is 12.8. The van der Waals surface area contributed by atoms with Gasteiger partial charge in [-0.05, 0) is 69.7 Å². The normalized spacial score (nSPS) is 13.7. The Hall–Kier alpha value is -3.47. The highest BCUT2D eigenvalue weighted by molar-refractivity contribution is 7.92. The molecular formula is C30H33Cl2N3O6S. The monoisotopic (exact) mass is 633 g/mol. The van der Waals surface area contributed by atoms with Gasteiger partial charge in [0, 0.05) is 18.2 Å². The molecule has 0 saturated carbocycles. The van der Waals surface area contributed by atoms with Crippen LogP contribution >= 0.6 is 23.2 Å². The molecule has 0 aromatic heterocycles. The van der Waals surface area contributed by atoms with Gasteiger partial charge in [0.2, 0.25) is 11.8 Å². The fraction of sp³-hybridized carbons (Fsp3) is 0.333. The van der Waals surface area contributed by atoms with Crippen molar-refractivity contribution in [3.63, 3.8) is 0 Å². The number of rotatable bonds is 9. The van der Waals surface area contributed by atoms with Gasteiger partial charge in [0.05, 0.1) is 20.6 Å². The molecule has 42 heavy (non-hydrogen) atoms. The molecule has 0 radical (unpaired) electrons. The molecule has 2 amide bonds. The van der Waals surface area contributed by atoms with E-state index in [0.29, 0.717) is 35.3 Å². The van der Waals surface area contributed by atoms with E-state index in [1.807, 2.05) is 20.8 Å². The molecule has 0 saturated heterocycles. The van der Waals surface area contributed by atoms with Gasteiger partial charge in [-0.2, -0.15) is 0 Å². The third kappa shape index (κ3) is 7.48. The van der Waals surface area contributed by atoms with Crippen molar-refractivity contribution in [2.75, 3.05) is 24.1 Å². The minimum atomic E-state index is -4.22. The van der Waals surface area contributed by atoms with Crippen molar-refractivity contribution in [2.45, 2.75) is 50.7 Å². The Labute approximate surface area is 256 Å². The first kappa shape index (κ1) is 31.5. The van der Waals surface area contributed by atoms with Crippen LogP contribution in [0.25, 0.3) is 0 Å². The Bertz CT molecular complexity index is 1560. The summed E-state index contributed by atoms with van der Waals surface area (Å²) in [5, 5.41) is 3.53. The number of nitrogens with zero attached hydrogens (tertiary/aromatic N) is 2. The Balaban J connectivity index is 1.74. The third-order valence-corrected chi connectivity index (χ3v) is 8.95. The fourth-order valence-corrected chi connectivity index (χ4v) is 6.07. The number of anilines is 1. The minimum absolute atomic E-state index is 0.00208. The molecule has 12 heteroatoms. The molecule has 0 aliphatic carbocycles. The van der Waals surface area contributed by atoms with E-state index in [9.17, 15) is 18.0 Å². The summed E-state index contributed by atoms with van der Waals surface area (Å²) in [5.41, 5.74) is 0.264. The highest BCUT2D eigenvalue weighted by Gasteiger charge is 2.34. The van der Waals surface area contributed by atoms with Gasteiger partial charge in [0.25, 0.3) is 10.0 Å². The fourth-order valence-electron chi connectivity index (χ4n) is 4.33. The number of sulfonamides is 1. The van der Waals surface area contributed by atoms with Crippen molar-refractivity contribution in [1.82, 2.24) is 10.2 Å². The highest BCUT2D eigenvalue weighted by Crippen LogP contribution is 2.36. The van der Waals surface area contributed by atoms with Crippen LogP contribution in [0.15, 0.2) is 71.6 Å². The number of amides is 2. The number of fused-ring (bicyclic) bond motifs is 1. The Morgan fingerprint density at radius 3 is 2.24 bits per heavy atom. The SMILES string of the molecule is CC(C(=O)NC(C)(C)C)N(Cc1ccc(Cl)c(Cl)c1)C(=O)CN(c1ccc2c(c1)OCCO2)S(=O)(=O)c1ccccc1. The van der Waals surface area contributed by atoms with Crippen LogP contribution in [0.5, 0.6) is 11.5 Å². The first-order valence-corrected chi connectivity index (χ1v) is 15.5. The summed E-state index contributed by atoms with van der Waals surface area (Å²) in [6.07, 6.45) is 0. The minimum Gasteiger partial charge on any atom is -0.486 e. The lowest BCUT2D eigenvalue weighted by molar-refractivity contribution is -0.140. The molecule has 1 unspecified atom stereocenters. The topological polar surface area (TPSA) is 105 Å². The van der Waals surface area contributed by atoms with Gasteiger partial charge in [0.1, 0.15) is 25.8 Å². The second-order valence-electron chi connectivity index (χ2n) is 10.8. The van der Waals surface area contributed by atoms with E-state index in [2.05, 4.69) is 5.32 Å². The van der Waals surface area contributed by atoms with Gasteiger partial charge in [-0.3, -0.25) is 13.9 Å². The van der Waals surface area contributed by atoms with Crippen molar-refractivity contribution in [3.05, 3.63) is 82.3 Å². The van der Waals surface area contributed by atoms with Crippen LogP contribution < -0.4 is 19.1 Å². The maximum Gasteiger partial charge on any atom is 0.264 e. The van der Waals surface area contributed by atoms with E-state index in [4.69, 9.17) is 32.7 Å². The lowest BCUT2D eigenvalue weighted by Crippen LogP contribution is -2.54. The number of nitrogens with one attached hydrogen (secondary N) is 1. The third-order valence-electron chi connectivity index (χ3n) is 6.43. The van der Waals surface area contributed by atoms with Gasteiger partial charge in [-0.1, -0.05) is 47.5 Å².